The molecule has 28 heavy (non-hydrogen) atoms. The molecule has 0 radical (unpaired) electrons. The van der Waals surface area contributed by atoms with Gasteiger partial charge in [-0.15, -0.1) is 10.2 Å². The lowest BCUT2D eigenvalue weighted by atomic mass is 9.95. The van der Waals surface area contributed by atoms with E-state index in [0.717, 1.165) is 49.5 Å². The number of likely N-dealkylation sites (tertiary alicyclic amines) is 1. The van der Waals surface area contributed by atoms with E-state index in [1.165, 1.54) is 6.07 Å². The Morgan fingerprint density at radius 2 is 1.93 bits per heavy atom. The smallest absolute Gasteiger partial charge is 0.241 e. The molecule has 2 aromatic heterocycles. The number of benzene rings is 1. The van der Waals surface area contributed by atoms with Gasteiger partial charge in [0.2, 0.25) is 5.91 Å². The minimum atomic E-state index is -0.980. The van der Waals surface area contributed by atoms with Crippen molar-refractivity contribution in [2.45, 2.75) is 31.7 Å². The molecule has 0 spiro atoms. The summed E-state index contributed by atoms with van der Waals surface area (Å²) < 4.78 is 28.4. The molecule has 3 heterocycles. The van der Waals surface area contributed by atoms with E-state index in [2.05, 4.69) is 20.4 Å². The highest BCUT2D eigenvalue weighted by Crippen LogP contribution is 2.28. The number of pyridine rings is 1. The van der Waals surface area contributed by atoms with Crippen LogP contribution in [0.5, 0.6) is 0 Å². The van der Waals surface area contributed by atoms with Gasteiger partial charge in [-0.2, -0.15) is 0 Å². The zero-order valence-electron chi connectivity index (χ0n) is 15.5. The number of nitrogens with zero attached hydrogens (tertiary/aromatic N) is 4. The largest absolute Gasteiger partial charge is 0.325 e. The summed E-state index contributed by atoms with van der Waals surface area (Å²) >= 11 is 0. The number of fused-ring (bicyclic) bond motifs is 1. The Morgan fingerprint density at radius 1 is 1.14 bits per heavy atom. The van der Waals surface area contributed by atoms with Crippen LogP contribution >= 0.6 is 0 Å². The Hall–Kier alpha value is -2.87. The van der Waals surface area contributed by atoms with Gasteiger partial charge in [0, 0.05) is 23.9 Å². The van der Waals surface area contributed by atoms with Gasteiger partial charge in [-0.05, 0) is 57.1 Å². The van der Waals surface area contributed by atoms with Crippen molar-refractivity contribution in [1.29, 1.82) is 0 Å². The van der Waals surface area contributed by atoms with E-state index >= 15 is 0 Å². The third-order valence-corrected chi connectivity index (χ3v) is 5.35. The summed E-state index contributed by atoms with van der Waals surface area (Å²) in [5.74, 6) is -0.914. The van der Waals surface area contributed by atoms with Crippen molar-refractivity contribution in [3.05, 3.63) is 60.1 Å². The number of hydrogen-bond acceptors (Lipinski definition) is 4. The number of rotatable bonds is 4. The zero-order chi connectivity index (χ0) is 19.7. The Kier molecular flexibility index (Phi) is 5.04. The molecule has 1 saturated heterocycles. The van der Waals surface area contributed by atoms with Crippen LogP contribution in [-0.4, -0.2) is 44.5 Å². The predicted molar refractivity (Wildman–Crippen MR) is 101 cm³/mol. The lowest BCUT2D eigenvalue weighted by molar-refractivity contribution is -0.121. The maximum Gasteiger partial charge on any atom is 0.241 e. The van der Waals surface area contributed by atoms with Gasteiger partial charge in [0.25, 0.3) is 0 Å². The molecule has 1 N–H and O–H groups in total. The van der Waals surface area contributed by atoms with E-state index < -0.39 is 11.6 Å². The number of aromatic nitrogens is 3. The standard InChI is InChI=1S/C20H21F2N5O/c1-13(20(28)23-15-5-6-16(21)17(22)12-15)26-10-7-14(8-11-26)19-25-24-18-4-2-3-9-27(18)19/h2-6,9,12-14H,7-8,10-11H2,1H3,(H,23,28). The van der Waals surface area contributed by atoms with E-state index in [9.17, 15) is 13.6 Å². The van der Waals surface area contributed by atoms with Crippen molar-refractivity contribution in [1.82, 2.24) is 19.5 Å². The molecule has 6 nitrogen and oxygen atoms in total. The van der Waals surface area contributed by atoms with Crippen molar-refractivity contribution in [3.8, 4) is 0 Å². The van der Waals surface area contributed by atoms with E-state index in [0.29, 0.717) is 0 Å². The third kappa shape index (κ3) is 3.60. The van der Waals surface area contributed by atoms with Crippen LogP contribution < -0.4 is 5.32 Å². The molecule has 1 fully saturated rings. The Morgan fingerprint density at radius 3 is 2.68 bits per heavy atom. The number of halogens is 2. The molecule has 8 heteroatoms. The zero-order valence-corrected chi connectivity index (χ0v) is 15.5. The highest BCUT2D eigenvalue weighted by Gasteiger charge is 2.29. The molecule has 1 unspecified atom stereocenters. The number of carbonyl (C=O) groups excluding carboxylic acids is 1. The second-order valence-electron chi connectivity index (χ2n) is 7.09. The molecule has 1 aliphatic rings. The van der Waals surface area contributed by atoms with Gasteiger partial charge in [0.1, 0.15) is 5.82 Å². The molecule has 1 atom stereocenters. The molecule has 3 aromatic rings. The van der Waals surface area contributed by atoms with Crippen LogP contribution in [0.1, 0.15) is 31.5 Å². The highest BCUT2D eigenvalue weighted by atomic mass is 19.2. The van der Waals surface area contributed by atoms with Gasteiger partial charge in [0.15, 0.2) is 17.3 Å². The van der Waals surface area contributed by atoms with Gasteiger partial charge < -0.3 is 5.32 Å². The van der Waals surface area contributed by atoms with Gasteiger partial charge >= 0.3 is 0 Å². The van der Waals surface area contributed by atoms with Crippen molar-refractivity contribution in [2.75, 3.05) is 18.4 Å². The number of anilines is 1. The van der Waals surface area contributed by atoms with Crippen LogP contribution in [0.3, 0.4) is 0 Å². The van der Waals surface area contributed by atoms with Gasteiger partial charge in [-0.3, -0.25) is 14.1 Å². The first-order valence-electron chi connectivity index (χ1n) is 9.32. The summed E-state index contributed by atoms with van der Waals surface area (Å²) in [5, 5.41) is 11.2. The summed E-state index contributed by atoms with van der Waals surface area (Å²) in [6.07, 6.45) is 3.71. The van der Waals surface area contributed by atoms with Crippen LogP contribution in [0.15, 0.2) is 42.6 Å². The molecule has 0 aliphatic carbocycles. The van der Waals surface area contributed by atoms with Crippen LogP contribution in [0.4, 0.5) is 14.5 Å². The fourth-order valence-corrected chi connectivity index (χ4v) is 3.67. The topological polar surface area (TPSA) is 62.5 Å². The third-order valence-electron chi connectivity index (χ3n) is 5.35. The Bertz CT molecular complexity index is 997. The van der Waals surface area contributed by atoms with Gasteiger partial charge in [-0.25, -0.2) is 8.78 Å². The maximum atomic E-state index is 13.3. The first-order valence-corrected chi connectivity index (χ1v) is 9.32. The Balaban J connectivity index is 1.37. The summed E-state index contributed by atoms with van der Waals surface area (Å²) in [6.45, 7) is 3.32. The molecule has 146 valence electrons. The highest BCUT2D eigenvalue weighted by molar-refractivity contribution is 5.94. The fourth-order valence-electron chi connectivity index (χ4n) is 3.67. The molecule has 1 aromatic carbocycles. The van der Waals surface area contributed by atoms with Crippen molar-refractivity contribution in [3.63, 3.8) is 0 Å². The number of amides is 1. The van der Waals surface area contributed by atoms with Crippen LogP contribution in [0.2, 0.25) is 0 Å². The van der Waals surface area contributed by atoms with Gasteiger partial charge in [0.05, 0.1) is 6.04 Å². The maximum absolute atomic E-state index is 13.3. The van der Waals surface area contributed by atoms with Gasteiger partial charge in [-0.1, -0.05) is 6.07 Å². The minimum absolute atomic E-state index is 0.239. The lowest BCUT2D eigenvalue weighted by Gasteiger charge is -2.34. The second kappa shape index (κ2) is 7.63. The number of carbonyl (C=O) groups is 1. The van der Waals surface area contributed by atoms with E-state index in [4.69, 9.17) is 0 Å². The Labute approximate surface area is 161 Å². The first-order chi connectivity index (χ1) is 13.5. The van der Waals surface area contributed by atoms with E-state index in [1.807, 2.05) is 35.7 Å². The lowest BCUT2D eigenvalue weighted by Crippen LogP contribution is -2.45. The summed E-state index contributed by atoms with van der Waals surface area (Å²) in [5.41, 5.74) is 1.08. The summed E-state index contributed by atoms with van der Waals surface area (Å²) in [7, 11) is 0. The number of nitrogens with one attached hydrogen (secondary N) is 1. The SMILES string of the molecule is CC(C(=O)Nc1ccc(F)c(F)c1)N1CCC(c2nnc3ccccn23)CC1. The van der Waals surface area contributed by atoms with Crippen LogP contribution in [0.25, 0.3) is 5.65 Å². The van der Waals surface area contributed by atoms with Crippen molar-refractivity contribution in [2.24, 2.45) is 0 Å². The van der Waals surface area contributed by atoms with Crippen LogP contribution in [-0.2, 0) is 4.79 Å². The monoisotopic (exact) mass is 385 g/mol. The number of piperidine rings is 1. The molecule has 1 amide bonds. The predicted octanol–water partition coefficient (Wildman–Crippen LogP) is 3.21. The fraction of sp³-hybridized carbons (Fsp3) is 0.350. The minimum Gasteiger partial charge on any atom is -0.325 e. The normalized spacial score (nSPS) is 17.0. The molecular weight excluding hydrogens is 364 g/mol. The first kappa shape index (κ1) is 18.5. The van der Waals surface area contributed by atoms with E-state index in [1.54, 1.807) is 0 Å². The quantitative estimate of drug-likeness (QED) is 0.749. The second-order valence-corrected chi connectivity index (χ2v) is 7.09. The molecule has 4 rings (SSSR count). The average molecular weight is 385 g/mol. The van der Waals surface area contributed by atoms with Crippen LogP contribution in [0, 0.1) is 11.6 Å². The number of hydrogen-bond donors (Lipinski definition) is 1. The molecule has 0 bridgehead atoms. The van der Waals surface area contributed by atoms with E-state index in [-0.39, 0.29) is 23.6 Å². The average Bonchev–Trinajstić information content (AvgIpc) is 3.14. The van der Waals surface area contributed by atoms with Crippen molar-refractivity contribution >= 4 is 17.2 Å². The summed E-state index contributed by atoms with van der Waals surface area (Å²) in [6, 6.07) is 8.79. The molecule has 0 saturated carbocycles. The molecular formula is C20H21F2N5O. The molecule has 1 aliphatic heterocycles. The summed E-state index contributed by atoms with van der Waals surface area (Å²) in [4.78, 5) is 14.6. The van der Waals surface area contributed by atoms with Crippen molar-refractivity contribution < 1.29 is 13.6 Å².